The Kier molecular flexibility index (Phi) is 2.59. The van der Waals surface area contributed by atoms with Gasteiger partial charge in [0.25, 0.3) is 0 Å². The smallest absolute Gasteiger partial charge is 0.173 e. The molecular formula is C18H24OS. The first-order valence-corrected chi connectivity index (χ1v) is 8.84. The van der Waals surface area contributed by atoms with Crippen molar-refractivity contribution >= 4 is 17.1 Å². The molecule has 5 rings (SSSR count). The minimum Gasteiger partial charge on any atom is -0.293 e. The second kappa shape index (κ2) is 3.97. The van der Waals surface area contributed by atoms with Crippen molar-refractivity contribution in [2.24, 2.45) is 22.2 Å². The van der Waals surface area contributed by atoms with Gasteiger partial charge >= 0.3 is 0 Å². The molecule has 2 atom stereocenters. The molecule has 2 heteroatoms. The third-order valence-electron chi connectivity index (χ3n) is 6.07. The topological polar surface area (TPSA) is 17.1 Å². The molecule has 1 aromatic rings. The molecule has 0 aliphatic heterocycles. The van der Waals surface area contributed by atoms with Gasteiger partial charge in [0.05, 0.1) is 4.88 Å². The summed E-state index contributed by atoms with van der Waals surface area (Å²) in [6.45, 7) is 4.97. The van der Waals surface area contributed by atoms with Crippen LogP contribution in [0.1, 0.15) is 68.5 Å². The number of carbonyl (C=O) groups excluding carboxylic acids is 1. The zero-order chi connectivity index (χ0) is 14.0. The lowest BCUT2D eigenvalue weighted by Crippen LogP contribution is -2.55. The Labute approximate surface area is 125 Å². The van der Waals surface area contributed by atoms with Gasteiger partial charge in [-0.1, -0.05) is 19.9 Å². The summed E-state index contributed by atoms with van der Waals surface area (Å²) >= 11 is 1.61. The Morgan fingerprint density at radius 1 is 1.20 bits per heavy atom. The summed E-state index contributed by atoms with van der Waals surface area (Å²) in [5.74, 6) is 1.28. The number of carbonyl (C=O) groups is 1. The van der Waals surface area contributed by atoms with Gasteiger partial charge in [-0.2, -0.15) is 0 Å². The lowest BCUT2D eigenvalue weighted by atomic mass is 9.39. The van der Waals surface area contributed by atoms with Crippen molar-refractivity contribution in [3.8, 4) is 0 Å². The van der Waals surface area contributed by atoms with Gasteiger partial charge in [-0.15, -0.1) is 11.3 Å². The highest BCUT2D eigenvalue weighted by atomic mass is 32.1. The van der Waals surface area contributed by atoms with E-state index in [0.29, 0.717) is 22.0 Å². The van der Waals surface area contributed by atoms with Crippen molar-refractivity contribution in [2.75, 3.05) is 0 Å². The fraction of sp³-hybridized carbons (Fsp3) is 0.722. The van der Waals surface area contributed by atoms with E-state index in [2.05, 4.69) is 13.8 Å². The van der Waals surface area contributed by atoms with Gasteiger partial charge in [0.2, 0.25) is 0 Å². The molecule has 0 spiro atoms. The Morgan fingerprint density at radius 2 is 1.90 bits per heavy atom. The van der Waals surface area contributed by atoms with Crippen molar-refractivity contribution in [3.05, 3.63) is 22.4 Å². The largest absolute Gasteiger partial charge is 0.293 e. The van der Waals surface area contributed by atoms with Crippen LogP contribution in [-0.2, 0) is 0 Å². The highest BCUT2D eigenvalue weighted by molar-refractivity contribution is 7.12. The predicted molar refractivity (Wildman–Crippen MR) is 83.1 cm³/mol. The monoisotopic (exact) mass is 288 g/mol. The SMILES string of the molecule is CC12CC3CC(C)(C1)CC(CC(=O)c1cccs1)(C3)C2. The Bertz CT molecular complexity index is 526. The van der Waals surface area contributed by atoms with E-state index in [9.17, 15) is 4.79 Å². The zero-order valence-corrected chi connectivity index (χ0v) is 13.4. The van der Waals surface area contributed by atoms with Crippen LogP contribution < -0.4 is 0 Å². The van der Waals surface area contributed by atoms with Crippen LogP contribution in [0, 0.1) is 22.2 Å². The second-order valence-corrected chi connectivity index (χ2v) is 9.65. The van der Waals surface area contributed by atoms with E-state index in [1.54, 1.807) is 11.3 Å². The highest BCUT2D eigenvalue weighted by Crippen LogP contribution is 2.70. The van der Waals surface area contributed by atoms with Crippen LogP contribution in [0.15, 0.2) is 17.5 Å². The molecule has 4 saturated carbocycles. The maximum absolute atomic E-state index is 12.6. The first kappa shape index (κ1) is 13.1. The van der Waals surface area contributed by atoms with Crippen LogP contribution in [0.3, 0.4) is 0 Å². The van der Waals surface area contributed by atoms with E-state index in [0.717, 1.165) is 17.2 Å². The molecule has 1 nitrogen and oxygen atoms in total. The van der Waals surface area contributed by atoms with Gasteiger partial charge in [-0.3, -0.25) is 4.79 Å². The lowest BCUT2D eigenvalue weighted by Gasteiger charge is -2.65. The first-order chi connectivity index (χ1) is 9.40. The number of rotatable bonds is 3. The summed E-state index contributed by atoms with van der Waals surface area (Å²) in [5.41, 5.74) is 1.36. The van der Waals surface area contributed by atoms with Gasteiger partial charge in [0.15, 0.2) is 5.78 Å². The number of hydrogen-bond acceptors (Lipinski definition) is 2. The fourth-order valence-corrected chi connectivity index (χ4v) is 7.41. The number of hydrogen-bond donors (Lipinski definition) is 0. The summed E-state index contributed by atoms with van der Waals surface area (Å²) in [4.78, 5) is 13.6. The molecule has 4 aliphatic carbocycles. The molecule has 0 saturated heterocycles. The van der Waals surface area contributed by atoms with Crippen molar-refractivity contribution in [1.29, 1.82) is 0 Å². The quantitative estimate of drug-likeness (QED) is 0.688. The van der Waals surface area contributed by atoms with Gasteiger partial charge in [-0.05, 0) is 72.1 Å². The van der Waals surface area contributed by atoms with Gasteiger partial charge in [0.1, 0.15) is 0 Å². The van der Waals surface area contributed by atoms with Crippen molar-refractivity contribution in [2.45, 2.75) is 58.8 Å². The predicted octanol–water partition coefficient (Wildman–Crippen LogP) is 5.32. The van der Waals surface area contributed by atoms with E-state index >= 15 is 0 Å². The van der Waals surface area contributed by atoms with E-state index in [1.165, 1.54) is 38.5 Å². The Hall–Kier alpha value is -0.630. The summed E-state index contributed by atoms with van der Waals surface area (Å²) in [6, 6.07) is 4.00. The van der Waals surface area contributed by atoms with Crippen LogP contribution in [0.25, 0.3) is 0 Å². The molecular weight excluding hydrogens is 264 g/mol. The number of ketones is 1. The standard InChI is InChI=1S/C18H24OS/c1-16-6-13-7-17(2,10-16)12-18(8-13,11-16)9-14(19)15-4-3-5-20-15/h3-5,13H,6-12H2,1-2H3. The maximum atomic E-state index is 12.6. The van der Waals surface area contributed by atoms with Crippen LogP contribution in [0.5, 0.6) is 0 Å². The fourth-order valence-electron chi connectivity index (χ4n) is 6.75. The van der Waals surface area contributed by atoms with E-state index in [-0.39, 0.29) is 0 Å². The van der Waals surface area contributed by atoms with Crippen molar-refractivity contribution in [1.82, 2.24) is 0 Å². The van der Waals surface area contributed by atoms with Crippen LogP contribution in [0.2, 0.25) is 0 Å². The minimum absolute atomic E-state index is 0.323. The third kappa shape index (κ3) is 1.99. The lowest BCUT2D eigenvalue weighted by molar-refractivity contribution is -0.143. The summed E-state index contributed by atoms with van der Waals surface area (Å²) < 4.78 is 0. The molecule has 0 N–H and O–H groups in total. The number of thiophene rings is 1. The summed E-state index contributed by atoms with van der Waals surface area (Å²) in [5, 5.41) is 2.02. The average Bonchev–Trinajstić information content (AvgIpc) is 2.75. The van der Waals surface area contributed by atoms with E-state index < -0.39 is 0 Å². The molecule has 2 unspecified atom stereocenters. The molecule has 1 heterocycles. The van der Waals surface area contributed by atoms with E-state index in [1.807, 2.05) is 17.5 Å². The third-order valence-corrected chi connectivity index (χ3v) is 6.98. The first-order valence-electron chi connectivity index (χ1n) is 7.96. The molecule has 0 radical (unpaired) electrons. The normalized spacial score (nSPS) is 45.8. The Morgan fingerprint density at radius 3 is 2.45 bits per heavy atom. The molecule has 4 bridgehead atoms. The van der Waals surface area contributed by atoms with Crippen LogP contribution in [0.4, 0.5) is 0 Å². The minimum atomic E-state index is 0.323. The van der Waals surface area contributed by atoms with Gasteiger partial charge < -0.3 is 0 Å². The van der Waals surface area contributed by atoms with Crippen LogP contribution >= 0.6 is 11.3 Å². The highest BCUT2D eigenvalue weighted by Gasteiger charge is 2.60. The Balaban J connectivity index is 1.63. The molecule has 1 aromatic heterocycles. The molecule has 0 aromatic carbocycles. The molecule has 20 heavy (non-hydrogen) atoms. The molecule has 108 valence electrons. The zero-order valence-electron chi connectivity index (χ0n) is 12.6. The number of Topliss-reactive ketones (excluding diaryl/α,β-unsaturated/α-hetero) is 1. The van der Waals surface area contributed by atoms with E-state index in [4.69, 9.17) is 0 Å². The molecule has 4 aliphatic rings. The summed E-state index contributed by atoms with van der Waals surface area (Å²) in [6.07, 6.45) is 8.93. The average molecular weight is 288 g/mol. The molecule has 0 amide bonds. The van der Waals surface area contributed by atoms with Gasteiger partial charge in [-0.25, -0.2) is 0 Å². The van der Waals surface area contributed by atoms with Crippen molar-refractivity contribution < 1.29 is 4.79 Å². The summed E-state index contributed by atoms with van der Waals surface area (Å²) in [7, 11) is 0. The van der Waals surface area contributed by atoms with Crippen LogP contribution in [-0.4, -0.2) is 5.78 Å². The molecule has 4 fully saturated rings. The van der Waals surface area contributed by atoms with Gasteiger partial charge in [0, 0.05) is 6.42 Å². The second-order valence-electron chi connectivity index (χ2n) is 8.71. The van der Waals surface area contributed by atoms with Crippen molar-refractivity contribution in [3.63, 3.8) is 0 Å². The maximum Gasteiger partial charge on any atom is 0.173 e.